The lowest BCUT2D eigenvalue weighted by molar-refractivity contribution is -0.135. The van der Waals surface area contributed by atoms with E-state index in [2.05, 4.69) is 23.1 Å². The van der Waals surface area contributed by atoms with Crippen LogP contribution in [0, 0.1) is 0 Å². The van der Waals surface area contributed by atoms with Gasteiger partial charge in [-0.25, -0.2) is 4.94 Å². The van der Waals surface area contributed by atoms with Gasteiger partial charge in [0, 0.05) is 6.54 Å². The first kappa shape index (κ1) is 17.7. The molecule has 6 N–H and O–H groups in total. The van der Waals surface area contributed by atoms with Gasteiger partial charge in [-0.05, 0) is 6.42 Å². The zero-order chi connectivity index (χ0) is 12.6. The molecule has 0 unspecified atom stereocenters. The highest BCUT2D eigenvalue weighted by Crippen LogP contribution is 2.03. The third-order valence-corrected chi connectivity index (χ3v) is 1.89. The highest BCUT2D eigenvalue weighted by molar-refractivity contribution is 5.68. The monoisotopic (exact) mass is 235 g/mol. The Morgan fingerprint density at radius 1 is 1.25 bits per heavy atom. The van der Waals surface area contributed by atoms with Crippen molar-refractivity contribution >= 4 is 5.97 Å². The third kappa shape index (κ3) is 23.3. The fraction of sp³-hybridized carbons (Fsp3) is 0.900. The standard InChI is InChI=1S/C8H20N2O.C2H5NO2/c1-2-3-4-5-6-7-8-10-11-9;3-1-2(4)5/h10H,2-9H2,1H3;1,3H2,(H,4,5). The van der Waals surface area contributed by atoms with Crippen molar-refractivity contribution in [2.75, 3.05) is 13.1 Å². The molecule has 98 valence electrons. The van der Waals surface area contributed by atoms with Crippen LogP contribution in [-0.4, -0.2) is 24.2 Å². The number of hydrogen-bond acceptors (Lipinski definition) is 5. The molecule has 0 bridgehead atoms. The van der Waals surface area contributed by atoms with Crippen LogP contribution in [0.1, 0.15) is 45.4 Å². The number of unbranched alkanes of at least 4 members (excludes halogenated alkanes) is 5. The van der Waals surface area contributed by atoms with Crippen LogP contribution in [0.25, 0.3) is 0 Å². The van der Waals surface area contributed by atoms with Gasteiger partial charge in [0.1, 0.15) is 0 Å². The lowest BCUT2D eigenvalue weighted by Crippen LogP contribution is -2.19. The van der Waals surface area contributed by atoms with Gasteiger partial charge in [0.2, 0.25) is 0 Å². The Morgan fingerprint density at radius 2 is 1.75 bits per heavy atom. The van der Waals surface area contributed by atoms with E-state index in [0.717, 1.165) is 13.0 Å². The smallest absolute Gasteiger partial charge is 0.317 e. The summed E-state index contributed by atoms with van der Waals surface area (Å²) in [5.41, 5.74) is 7.19. The van der Waals surface area contributed by atoms with Gasteiger partial charge in [-0.2, -0.15) is 11.4 Å². The van der Waals surface area contributed by atoms with Crippen LogP contribution >= 0.6 is 0 Å². The summed E-state index contributed by atoms with van der Waals surface area (Å²) >= 11 is 0. The topological polar surface area (TPSA) is 111 Å². The van der Waals surface area contributed by atoms with E-state index in [1.165, 1.54) is 32.1 Å². The molecule has 16 heavy (non-hydrogen) atoms. The number of nitrogens with two attached hydrogens (primary N) is 2. The van der Waals surface area contributed by atoms with E-state index in [9.17, 15) is 4.79 Å². The zero-order valence-electron chi connectivity index (χ0n) is 10.1. The fourth-order valence-corrected chi connectivity index (χ4v) is 1.04. The third-order valence-electron chi connectivity index (χ3n) is 1.89. The van der Waals surface area contributed by atoms with Gasteiger partial charge in [-0.3, -0.25) is 4.79 Å². The highest BCUT2D eigenvalue weighted by atomic mass is 16.8. The molecule has 0 amide bonds. The first-order valence-corrected chi connectivity index (χ1v) is 5.69. The Morgan fingerprint density at radius 3 is 2.19 bits per heavy atom. The van der Waals surface area contributed by atoms with Crippen LogP contribution in [0.3, 0.4) is 0 Å². The molecule has 0 aromatic carbocycles. The van der Waals surface area contributed by atoms with Crippen LogP contribution in [0.5, 0.6) is 0 Å². The van der Waals surface area contributed by atoms with Gasteiger partial charge in [0.05, 0.1) is 6.54 Å². The number of hydroxylamine groups is 1. The van der Waals surface area contributed by atoms with Crippen LogP contribution in [0.2, 0.25) is 0 Å². The second kappa shape index (κ2) is 16.7. The van der Waals surface area contributed by atoms with Crippen molar-refractivity contribution in [1.29, 1.82) is 0 Å². The minimum absolute atomic E-state index is 0.278. The Labute approximate surface area is 97.2 Å². The van der Waals surface area contributed by atoms with Crippen molar-refractivity contribution in [3.05, 3.63) is 0 Å². The van der Waals surface area contributed by atoms with Gasteiger partial charge in [0.15, 0.2) is 0 Å². The maximum atomic E-state index is 9.24. The average Bonchev–Trinajstić information content (AvgIpc) is 2.29. The quantitative estimate of drug-likeness (QED) is 0.347. The molecule has 6 nitrogen and oxygen atoms in total. The molecule has 0 fully saturated rings. The van der Waals surface area contributed by atoms with Crippen molar-refractivity contribution in [2.45, 2.75) is 45.4 Å². The summed E-state index contributed by atoms with van der Waals surface area (Å²) in [5, 5.41) is 7.60. The molecule has 0 aromatic heterocycles. The zero-order valence-corrected chi connectivity index (χ0v) is 10.1. The predicted octanol–water partition coefficient (Wildman–Crippen LogP) is 0.772. The highest BCUT2D eigenvalue weighted by Gasteiger charge is 1.88. The predicted molar refractivity (Wildman–Crippen MR) is 63.3 cm³/mol. The Kier molecular flexibility index (Phi) is 18.5. The van der Waals surface area contributed by atoms with Gasteiger partial charge < -0.3 is 10.8 Å². The minimum atomic E-state index is -0.968. The first-order chi connectivity index (χ1) is 7.68. The van der Waals surface area contributed by atoms with Crippen molar-refractivity contribution in [2.24, 2.45) is 11.6 Å². The van der Waals surface area contributed by atoms with E-state index < -0.39 is 5.97 Å². The molecule has 0 saturated heterocycles. The van der Waals surface area contributed by atoms with Crippen LogP contribution < -0.4 is 17.1 Å². The number of carbonyl (C=O) groups is 1. The Balaban J connectivity index is 0. The first-order valence-electron chi connectivity index (χ1n) is 5.69. The van der Waals surface area contributed by atoms with Crippen molar-refractivity contribution in [3.63, 3.8) is 0 Å². The summed E-state index contributed by atoms with van der Waals surface area (Å²) in [5.74, 6) is 3.81. The molecule has 0 heterocycles. The van der Waals surface area contributed by atoms with Gasteiger partial charge in [-0.1, -0.05) is 39.0 Å². The Bertz CT molecular complexity index is 137. The summed E-state index contributed by atoms with van der Waals surface area (Å²) in [7, 11) is 0. The molecule has 0 aliphatic heterocycles. The van der Waals surface area contributed by atoms with Crippen LogP contribution in [-0.2, 0) is 9.73 Å². The van der Waals surface area contributed by atoms with Gasteiger partial charge in [0.25, 0.3) is 0 Å². The Hall–Kier alpha value is -0.690. The largest absolute Gasteiger partial charge is 0.480 e. The number of nitrogens with one attached hydrogen (secondary N) is 1. The summed E-state index contributed by atoms with van der Waals surface area (Å²) in [6.45, 7) is 2.81. The van der Waals surface area contributed by atoms with E-state index in [1.807, 2.05) is 0 Å². The lowest BCUT2D eigenvalue weighted by Gasteiger charge is -2.00. The molecule has 0 aromatic rings. The average molecular weight is 235 g/mol. The number of carboxylic acids is 1. The molecule has 0 saturated carbocycles. The minimum Gasteiger partial charge on any atom is -0.480 e. The van der Waals surface area contributed by atoms with Crippen molar-refractivity contribution in [3.8, 4) is 0 Å². The summed E-state index contributed by atoms with van der Waals surface area (Å²) in [4.78, 5) is 13.5. The second-order valence-corrected chi connectivity index (χ2v) is 3.38. The maximum absolute atomic E-state index is 9.24. The lowest BCUT2D eigenvalue weighted by atomic mass is 10.1. The molecule has 0 atom stereocenters. The second-order valence-electron chi connectivity index (χ2n) is 3.38. The molecule has 0 spiro atoms. The van der Waals surface area contributed by atoms with Crippen molar-refractivity contribution in [1.82, 2.24) is 5.48 Å². The maximum Gasteiger partial charge on any atom is 0.317 e. The summed E-state index contributed by atoms with van der Waals surface area (Å²) in [6.07, 6.45) is 7.79. The van der Waals surface area contributed by atoms with Gasteiger partial charge in [-0.15, -0.1) is 0 Å². The molecule has 0 aliphatic rings. The van der Waals surface area contributed by atoms with Crippen LogP contribution in [0.4, 0.5) is 0 Å². The fourth-order valence-electron chi connectivity index (χ4n) is 1.04. The summed E-state index contributed by atoms with van der Waals surface area (Å²) < 4.78 is 0. The SMILES string of the molecule is CCCCCCCCNON.NCC(=O)O. The molecule has 0 rings (SSSR count). The van der Waals surface area contributed by atoms with Gasteiger partial charge >= 0.3 is 5.97 Å². The number of aliphatic carboxylic acids is 1. The van der Waals surface area contributed by atoms with Crippen molar-refractivity contribution < 1.29 is 14.8 Å². The van der Waals surface area contributed by atoms with E-state index >= 15 is 0 Å². The summed E-state index contributed by atoms with van der Waals surface area (Å²) in [6, 6.07) is 0. The molecule has 0 aliphatic carbocycles. The van der Waals surface area contributed by atoms with E-state index in [4.69, 9.17) is 11.0 Å². The normalized spacial score (nSPS) is 9.44. The van der Waals surface area contributed by atoms with E-state index in [-0.39, 0.29) is 6.54 Å². The number of carboxylic acid groups (broad SMARTS) is 1. The van der Waals surface area contributed by atoms with Crippen LogP contribution in [0.15, 0.2) is 0 Å². The number of rotatable bonds is 9. The number of hydrogen-bond donors (Lipinski definition) is 4. The van der Waals surface area contributed by atoms with E-state index in [0.29, 0.717) is 0 Å². The van der Waals surface area contributed by atoms with E-state index in [1.54, 1.807) is 0 Å². The molecule has 6 heteroatoms. The molecular weight excluding hydrogens is 210 g/mol. The molecular formula is C10H25N3O3. The molecule has 0 radical (unpaired) electrons.